The molecule has 0 saturated carbocycles. The van der Waals surface area contributed by atoms with Gasteiger partial charge < -0.3 is 10.6 Å². The summed E-state index contributed by atoms with van der Waals surface area (Å²) in [6.07, 6.45) is -2.98. The second-order valence-electron chi connectivity index (χ2n) is 6.70. The second kappa shape index (κ2) is 7.11. The Kier molecular flexibility index (Phi) is 5.04. The molecule has 1 fully saturated rings. The largest absolute Gasteiger partial charge is 0.416 e. The first-order valence-electron chi connectivity index (χ1n) is 8.52. The lowest BCUT2D eigenvalue weighted by Gasteiger charge is -2.27. The van der Waals surface area contributed by atoms with Crippen molar-refractivity contribution >= 4 is 11.7 Å². The summed E-state index contributed by atoms with van der Waals surface area (Å²) in [7, 11) is 0. The minimum atomic E-state index is -4.44. The second-order valence-corrected chi connectivity index (χ2v) is 6.70. The maximum absolute atomic E-state index is 13.0. The van der Waals surface area contributed by atoms with Crippen LogP contribution >= 0.6 is 0 Å². The number of carbonyl (C=O) groups excluding carboxylic acids is 1. The lowest BCUT2D eigenvalue weighted by molar-refractivity contribution is -0.137. The SMILES string of the molecule is Cc1cc(NC(=O)[C@H]2CCN[C@@H](C)C2)n(-c2cccc(C(F)(F)F)c2)n1. The van der Waals surface area contributed by atoms with E-state index in [0.29, 0.717) is 11.5 Å². The topological polar surface area (TPSA) is 59.0 Å². The number of rotatable bonds is 3. The predicted molar refractivity (Wildman–Crippen MR) is 92.1 cm³/mol. The van der Waals surface area contributed by atoms with Crippen molar-refractivity contribution in [2.75, 3.05) is 11.9 Å². The average Bonchev–Trinajstić information content (AvgIpc) is 2.94. The minimum Gasteiger partial charge on any atom is -0.314 e. The number of anilines is 1. The van der Waals surface area contributed by atoms with Crippen LogP contribution in [0, 0.1) is 12.8 Å². The monoisotopic (exact) mass is 366 g/mol. The van der Waals surface area contributed by atoms with Crippen LogP contribution in [0.15, 0.2) is 30.3 Å². The molecule has 1 saturated heterocycles. The average molecular weight is 366 g/mol. The molecule has 1 aliphatic rings. The molecule has 8 heteroatoms. The van der Waals surface area contributed by atoms with Gasteiger partial charge in [-0.2, -0.15) is 18.3 Å². The molecule has 1 aromatic heterocycles. The molecule has 0 bridgehead atoms. The Hall–Kier alpha value is -2.35. The predicted octanol–water partition coefficient (Wildman–Crippen LogP) is 3.53. The van der Waals surface area contributed by atoms with Crippen molar-refractivity contribution in [2.24, 2.45) is 5.92 Å². The van der Waals surface area contributed by atoms with Crippen LogP contribution < -0.4 is 10.6 Å². The number of carbonyl (C=O) groups is 1. The van der Waals surface area contributed by atoms with Crippen LogP contribution in [0.4, 0.5) is 19.0 Å². The van der Waals surface area contributed by atoms with Crippen molar-refractivity contribution < 1.29 is 18.0 Å². The Morgan fingerprint density at radius 1 is 1.35 bits per heavy atom. The highest BCUT2D eigenvalue weighted by Gasteiger charge is 2.31. The van der Waals surface area contributed by atoms with Crippen molar-refractivity contribution in [3.63, 3.8) is 0 Å². The van der Waals surface area contributed by atoms with E-state index < -0.39 is 11.7 Å². The van der Waals surface area contributed by atoms with Gasteiger partial charge in [0.15, 0.2) is 0 Å². The third-order valence-corrected chi connectivity index (χ3v) is 4.50. The third-order valence-electron chi connectivity index (χ3n) is 4.50. The van der Waals surface area contributed by atoms with Gasteiger partial charge in [-0.3, -0.25) is 4.79 Å². The lowest BCUT2D eigenvalue weighted by atomic mass is 9.92. The number of alkyl halides is 3. The third kappa shape index (κ3) is 4.07. The summed E-state index contributed by atoms with van der Waals surface area (Å²) >= 11 is 0. The van der Waals surface area contributed by atoms with Crippen LogP contribution in [0.2, 0.25) is 0 Å². The molecule has 0 aliphatic carbocycles. The number of hydrogen-bond acceptors (Lipinski definition) is 3. The Morgan fingerprint density at radius 2 is 2.12 bits per heavy atom. The standard InChI is InChI=1S/C18H21F3N4O/c1-11-8-13(6-7-22-11)17(26)23-16-9-12(2)24-25(16)15-5-3-4-14(10-15)18(19,20)21/h3-5,9-11,13,22H,6-8H2,1-2H3,(H,23,26)/t11-,13-/m0/s1. The van der Waals surface area contributed by atoms with E-state index in [4.69, 9.17) is 0 Å². The van der Waals surface area contributed by atoms with Gasteiger partial charge in [0.05, 0.1) is 16.9 Å². The number of nitrogens with one attached hydrogen (secondary N) is 2. The van der Waals surface area contributed by atoms with E-state index in [9.17, 15) is 18.0 Å². The molecule has 2 atom stereocenters. The molecule has 0 spiro atoms. The maximum atomic E-state index is 13.0. The highest BCUT2D eigenvalue weighted by Crippen LogP contribution is 2.31. The molecule has 2 aromatic rings. The number of piperidine rings is 1. The Bertz CT molecular complexity index is 800. The lowest BCUT2D eigenvalue weighted by Crippen LogP contribution is -2.40. The van der Waals surface area contributed by atoms with Gasteiger partial charge in [0.2, 0.25) is 5.91 Å². The molecule has 2 heterocycles. The number of halogens is 3. The van der Waals surface area contributed by atoms with Crippen molar-refractivity contribution in [3.05, 3.63) is 41.6 Å². The van der Waals surface area contributed by atoms with E-state index in [2.05, 4.69) is 15.7 Å². The molecule has 140 valence electrons. The van der Waals surface area contributed by atoms with Gasteiger partial charge in [0.25, 0.3) is 0 Å². The van der Waals surface area contributed by atoms with Crippen molar-refractivity contribution in [1.29, 1.82) is 0 Å². The first-order valence-corrected chi connectivity index (χ1v) is 8.52. The summed E-state index contributed by atoms with van der Waals surface area (Å²) < 4.78 is 40.3. The van der Waals surface area contributed by atoms with Crippen molar-refractivity contribution in [1.82, 2.24) is 15.1 Å². The molecule has 1 aromatic carbocycles. The quantitative estimate of drug-likeness (QED) is 0.874. The summed E-state index contributed by atoms with van der Waals surface area (Å²) in [5, 5.41) is 10.4. The smallest absolute Gasteiger partial charge is 0.314 e. The normalized spacial score (nSPS) is 20.8. The highest BCUT2D eigenvalue weighted by atomic mass is 19.4. The summed E-state index contributed by atoms with van der Waals surface area (Å²) in [6, 6.07) is 6.81. The van der Waals surface area contributed by atoms with Gasteiger partial charge in [-0.25, -0.2) is 4.68 Å². The van der Waals surface area contributed by atoms with Gasteiger partial charge in [-0.1, -0.05) is 6.07 Å². The van der Waals surface area contributed by atoms with Crippen LogP contribution in [0.3, 0.4) is 0 Å². The van der Waals surface area contributed by atoms with Crippen LogP contribution in [-0.4, -0.2) is 28.3 Å². The van der Waals surface area contributed by atoms with Gasteiger partial charge in [-0.05, 0) is 51.4 Å². The summed E-state index contributed by atoms with van der Waals surface area (Å²) in [6.45, 7) is 4.52. The van der Waals surface area contributed by atoms with Crippen molar-refractivity contribution in [3.8, 4) is 5.69 Å². The fourth-order valence-electron chi connectivity index (χ4n) is 3.20. The number of aromatic nitrogens is 2. The first-order chi connectivity index (χ1) is 12.2. The van der Waals surface area contributed by atoms with Crippen LogP contribution in [0.1, 0.15) is 31.0 Å². The van der Waals surface area contributed by atoms with Crippen molar-refractivity contribution in [2.45, 2.75) is 38.9 Å². The fourth-order valence-corrected chi connectivity index (χ4v) is 3.20. The van der Waals surface area contributed by atoms with Gasteiger partial charge in [0.1, 0.15) is 5.82 Å². The first kappa shape index (κ1) is 18.4. The van der Waals surface area contributed by atoms with E-state index in [1.807, 2.05) is 6.92 Å². The molecular formula is C18H21F3N4O. The van der Waals surface area contributed by atoms with E-state index in [0.717, 1.165) is 31.5 Å². The summed E-state index contributed by atoms with van der Waals surface area (Å²) in [5.41, 5.74) is 0.103. The van der Waals surface area contributed by atoms with Gasteiger partial charge >= 0.3 is 6.18 Å². The molecule has 0 unspecified atom stereocenters. The van der Waals surface area contributed by atoms with E-state index in [-0.39, 0.29) is 23.6 Å². The Morgan fingerprint density at radius 3 is 2.81 bits per heavy atom. The van der Waals surface area contributed by atoms with E-state index in [1.165, 1.54) is 16.8 Å². The Balaban J connectivity index is 1.86. The summed E-state index contributed by atoms with van der Waals surface area (Å²) in [4.78, 5) is 12.6. The molecule has 2 N–H and O–H groups in total. The van der Waals surface area contributed by atoms with Crippen LogP contribution in [-0.2, 0) is 11.0 Å². The fraction of sp³-hybridized carbons (Fsp3) is 0.444. The van der Waals surface area contributed by atoms with Gasteiger partial charge in [-0.15, -0.1) is 0 Å². The Labute approximate surface area is 149 Å². The molecule has 1 aliphatic heterocycles. The van der Waals surface area contributed by atoms with E-state index in [1.54, 1.807) is 13.0 Å². The molecule has 5 nitrogen and oxygen atoms in total. The zero-order chi connectivity index (χ0) is 18.9. The molecule has 3 rings (SSSR count). The number of nitrogens with zero attached hydrogens (tertiary/aromatic N) is 2. The molecule has 1 amide bonds. The number of hydrogen-bond donors (Lipinski definition) is 2. The number of amides is 1. The summed E-state index contributed by atoms with van der Waals surface area (Å²) in [5.74, 6) is 0.112. The zero-order valence-electron chi connectivity index (χ0n) is 14.6. The van der Waals surface area contributed by atoms with Crippen LogP contribution in [0.25, 0.3) is 5.69 Å². The zero-order valence-corrected chi connectivity index (χ0v) is 14.6. The molecule has 26 heavy (non-hydrogen) atoms. The number of aryl methyl sites for hydroxylation is 1. The molecular weight excluding hydrogens is 345 g/mol. The van der Waals surface area contributed by atoms with E-state index >= 15 is 0 Å². The molecule has 0 radical (unpaired) electrons. The number of benzene rings is 1. The minimum absolute atomic E-state index is 0.128. The highest BCUT2D eigenvalue weighted by molar-refractivity contribution is 5.92. The maximum Gasteiger partial charge on any atom is 0.416 e. The van der Waals surface area contributed by atoms with Gasteiger partial charge in [0, 0.05) is 18.0 Å². The van der Waals surface area contributed by atoms with Crippen LogP contribution in [0.5, 0.6) is 0 Å².